The van der Waals surface area contributed by atoms with Gasteiger partial charge in [-0.05, 0) is 6.42 Å². The topological polar surface area (TPSA) is 201 Å². The van der Waals surface area contributed by atoms with Crippen molar-refractivity contribution in [1.82, 2.24) is 0 Å². The van der Waals surface area contributed by atoms with Crippen molar-refractivity contribution in [2.24, 2.45) is 0 Å². The van der Waals surface area contributed by atoms with Gasteiger partial charge in [0.2, 0.25) is 0 Å². The molecule has 10 nitrogen and oxygen atoms in total. The second-order valence-electron chi connectivity index (χ2n) is 1.62. The fraction of sp³-hybridized carbons (Fsp3) is 1.00. The number of rotatable bonds is 2. The summed E-state index contributed by atoms with van der Waals surface area (Å²) in [6.45, 7) is 0.188. The molecule has 0 heterocycles. The number of aliphatic hydroxyl groups excluding tert-OH is 2. The van der Waals surface area contributed by atoms with Crippen molar-refractivity contribution in [3.8, 4) is 0 Å². The van der Waals surface area contributed by atoms with Crippen LogP contribution in [0.4, 0.5) is 0 Å². The van der Waals surface area contributed by atoms with E-state index in [1.54, 1.807) is 0 Å². The molecule has 96 valence electrons. The molecule has 16 heavy (non-hydrogen) atoms. The van der Waals surface area contributed by atoms with Crippen molar-refractivity contribution in [3.05, 3.63) is 0 Å². The molecule has 0 unspecified atom stereocenters. The summed E-state index contributed by atoms with van der Waals surface area (Å²) in [5.41, 5.74) is 0. The average molecular weight is 291 g/mol. The van der Waals surface area contributed by atoms with Crippen molar-refractivity contribution in [2.75, 3.05) is 13.2 Å². The van der Waals surface area contributed by atoms with Crippen molar-refractivity contribution in [2.45, 2.75) is 6.42 Å². The summed E-state index contributed by atoms with van der Waals surface area (Å²) >= 11 is 0. The molecule has 0 fully saturated rings. The molecule has 0 atom stereocenters. The van der Waals surface area contributed by atoms with Gasteiger partial charge in [-0.2, -0.15) is 0 Å². The fourth-order valence-electron chi connectivity index (χ4n) is 0.0707. The van der Waals surface area contributed by atoms with Crippen LogP contribution in [0.2, 0.25) is 0 Å². The summed E-state index contributed by atoms with van der Waals surface area (Å²) in [6, 6.07) is 0. The SMILES string of the molecule is O=S(=O)([O-])[O-].O=S(=O)([O-])[O-].OCCCO.[Na+]. The first-order valence-electron chi connectivity index (χ1n) is 2.97. The molecule has 0 aromatic heterocycles. The Hall–Kier alpha value is 0.660. The van der Waals surface area contributed by atoms with Gasteiger partial charge < -0.3 is 28.4 Å². The molecule has 0 aromatic carbocycles. The quantitative estimate of drug-likeness (QED) is 0.280. The second-order valence-corrected chi connectivity index (χ2v) is 3.25. The molecule has 0 aliphatic carbocycles. The zero-order chi connectivity index (χ0) is 13.1. The molecular formula is C3H8NaO10S2-3. The van der Waals surface area contributed by atoms with Crippen LogP contribution >= 0.6 is 0 Å². The molecule has 13 heteroatoms. The third-order valence-corrected chi connectivity index (χ3v) is 0.316. The third-order valence-electron chi connectivity index (χ3n) is 0.316. The molecule has 0 rings (SSSR count). The minimum Gasteiger partial charge on any atom is -0.759 e. The summed E-state index contributed by atoms with van der Waals surface area (Å²) in [7, 11) is -10.3. The van der Waals surface area contributed by atoms with Gasteiger partial charge in [0.05, 0.1) is 0 Å². The van der Waals surface area contributed by atoms with Crippen LogP contribution in [-0.2, 0) is 20.8 Å². The average Bonchev–Trinajstić information content (AvgIpc) is 1.80. The molecule has 2 N–H and O–H groups in total. The van der Waals surface area contributed by atoms with Crippen LogP contribution < -0.4 is 29.6 Å². The molecular weight excluding hydrogens is 283 g/mol. The van der Waals surface area contributed by atoms with Gasteiger partial charge in [0.15, 0.2) is 0 Å². The van der Waals surface area contributed by atoms with Gasteiger partial charge in [-0.1, -0.05) is 0 Å². The van der Waals surface area contributed by atoms with E-state index >= 15 is 0 Å². The van der Waals surface area contributed by atoms with E-state index in [4.69, 9.17) is 45.3 Å². The zero-order valence-corrected chi connectivity index (χ0v) is 11.7. The summed E-state index contributed by atoms with van der Waals surface area (Å²) in [5, 5.41) is 15.8. The maximum atomic E-state index is 8.52. The normalized spacial score (nSPS) is 9.88. The predicted octanol–water partition coefficient (Wildman–Crippen LogP) is -6.31. The van der Waals surface area contributed by atoms with E-state index in [-0.39, 0.29) is 42.8 Å². The van der Waals surface area contributed by atoms with Gasteiger partial charge in [-0.25, -0.2) is 0 Å². The van der Waals surface area contributed by atoms with Gasteiger partial charge in [0.25, 0.3) is 0 Å². The van der Waals surface area contributed by atoms with Crippen molar-refractivity contribution in [3.63, 3.8) is 0 Å². The predicted molar refractivity (Wildman–Crippen MR) is 39.7 cm³/mol. The Morgan fingerprint density at radius 3 is 0.875 bits per heavy atom. The van der Waals surface area contributed by atoms with Crippen molar-refractivity contribution < 1.29 is 74.8 Å². The van der Waals surface area contributed by atoms with Crippen LogP contribution in [0, 0.1) is 0 Å². The Kier molecular flexibility index (Phi) is 21.9. The first-order valence-corrected chi connectivity index (χ1v) is 5.63. The largest absolute Gasteiger partial charge is 1.00 e. The summed E-state index contributed by atoms with van der Waals surface area (Å²) < 4.78 is 68.2. The monoisotopic (exact) mass is 291 g/mol. The van der Waals surface area contributed by atoms with Crippen LogP contribution in [0.25, 0.3) is 0 Å². The van der Waals surface area contributed by atoms with Gasteiger partial charge in [-0.15, -0.1) is 0 Å². The van der Waals surface area contributed by atoms with Gasteiger partial charge >= 0.3 is 29.6 Å². The molecule has 0 amide bonds. The van der Waals surface area contributed by atoms with E-state index in [0.717, 1.165) is 0 Å². The molecule has 0 aliphatic heterocycles. The van der Waals surface area contributed by atoms with Crippen molar-refractivity contribution in [1.29, 1.82) is 0 Å². The van der Waals surface area contributed by atoms with E-state index in [1.165, 1.54) is 0 Å². The minimum absolute atomic E-state index is 0. The molecule has 0 aromatic rings. The Morgan fingerprint density at radius 1 is 0.750 bits per heavy atom. The van der Waals surface area contributed by atoms with E-state index in [1.807, 2.05) is 0 Å². The smallest absolute Gasteiger partial charge is 0.759 e. The fourth-order valence-corrected chi connectivity index (χ4v) is 0.0707. The van der Waals surface area contributed by atoms with E-state index < -0.39 is 20.8 Å². The molecule has 0 radical (unpaired) electrons. The summed E-state index contributed by atoms with van der Waals surface area (Å²) in [5.74, 6) is 0. The Bertz CT molecular complexity index is 257. The molecule has 0 saturated carbocycles. The van der Waals surface area contributed by atoms with Crippen LogP contribution in [0.3, 0.4) is 0 Å². The second kappa shape index (κ2) is 13.7. The number of hydrogen-bond donors (Lipinski definition) is 2. The molecule has 0 aliphatic rings. The number of aliphatic hydroxyl groups is 2. The first kappa shape index (κ1) is 25.5. The van der Waals surface area contributed by atoms with Gasteiger partial charge in [0, 0.05) is 34.0 Å². The minimum atomic E-state index is -5.17. The maximum absolute atomic E-state index is 8.52. The van der Waals surface area contributed by atoms with Crippen LogP contribution in [0.1, 0.15) is 6.42 Å². The van der Waals surface area contributed by atoms with E-state index in [9.17, 15) is 0 Å². The third kappa shape index (κ3) is 387. The van der Waals surface area contributed by atoms with Gasteiger partial charge in [-0.3, -0.25) is 16.8 Å². The molecule has 0 bridgehead atoms. The Balaban J connectivity index is -0.0000000655. The maximum Gasteiger partial charge on any atom is 1.00 e. The van der Waals surface area contributed by atoms with E-state index in [2.05, 4.69) is 0 Å². The van der Waals surface area contributed by atoms with Gasteiger partial charge in [0.1, 0.15) is 0 Å². The Morgan fingerprint density at radius 2 is 0.875 bits per heavy atom. The summed E-state index contributed by atoms with van der Waals surface area (Å²) in [4.78, 5) is 0. The van der Waals surface area contributed by atoms with Crippen LogP contribution in [0.5, 0.6) is 0 Å². The molecule has 0 spiro atoms. The zero-order valence-electron chi connectivity index (χ0n) is 8.10. The molecule has 0 saturated heterocycles. The van der Waals surface area contributed by atoms with E-state index in [0.29, 0.717) is 6.42 Å². The standard InChI is InChI=1S/C3H8O2.Na.2H2O4S/c4-2-1-3-5;;2*1-5(2,3)4/h4-5H,1-3H2;;2*(H2,1,2,3,4)/q;+1;;/p-4. The van der Waals surface area contributed by atoms with Crippen LogP contribution in [0.15, 0.2) is 0 Å². The van der Waals surface area contributed by atoms with Crippen molar-refractivity contribution >= 4 is 20.8 Å². The number of hydrogen-bond acceptors (Lipinski definition) is 10. The summed E-state index contributed by atoms with van der Waals surface area (Å²) in [6.07, 6.45) is 0.500. The first-order chi connectivity index (χ1) is 6.41. The van der Waals surface area contributed by atoms with Crippen LogP contribution in [-0.4, -0.2) is 58.5 Å². The Labute approximate surface area is 115 Å².